The Morgan fingerprint density at radius 3 is 2.49 bits per heavy atom. The fourth-order valence-corrected chi connectivity index (χ4v) is 8.91. The van der Waals surface area contributed by atoms with Crippen LogP contribution in [0.5, 0.6) is 0 Å². The number of benzene rings is 2. The second-order valence-electron chi connectivity index (χ2n) is 14.3. The van der Waals surface area contributed by atoms with Gasteiger partial charge in [-0.3, -0.25) is 14.5 Å². The van der Waals surface area contributed by atoms with E-state index in [0.717, 1.165) is 49.7 Å². The lowest BCUT2D eigenvalue weighted by Gasteiger charge is -2.45. The smallest absolute Gasteiger partial charge is 0.418 e. The first-order chi connectivity index (χ1) is 24.4. The average molecular weight is 733 g/mol. The van der Waals surface area contributed by atoms with Gasteiger partial charge in [0.05, 0.1) is 16.3 Å². The third-order valence-electron chi connectivity index (χ3n) is 11.2. The second-order valence-corrected chi connectivity index (χ2v) is 14.7. The van der Waals surface area contributed by atoms with Gasteiger partial charge < -0.3 is 30.5 Å². The van der Waals surface area contributed by atoms with Crippen molar-refractivity contribution in [1.29, 1.82) is 0 Å². The maximum Gasteiger partial charge on any atom is 0.418 e. The standard InChI is InChI=1S/C37H48ClF3N6O4/c1-3-6-25-9-12-43-23-30(25)45-15-17-46(18-16-45)34(49)31(21-24-19-27(37(39,40)41)33(42-2)28(38)20-24)51-35(50)47-13-10-36(11-14-47)22-32(48)44-29-8-5-4-7-26(29)36/h4-5,7-8,19-20,25,30-31,42-43H,3,6,9-18,21-23H2,1-2H3,(H,44,48)/t25?,30?,31-/m1/s1. The Hall–Kier alpha value is -3.55. The molecule has 10 nitrogen and oxygen atoms in total. The number of amides is 3. The van der Waals surface area contributed by atoms with E-state index in [0.29, 0.717) is 70.5 Å². The zero-order chi connectivity index (χ0) is 36.3. The average Bonchev–Trinajstić information content (AvgIpc) is 3.11. The van der Waals surface area contributed by atoms with Crippen molar-refractivity contribution >= 4 is 40.9 Å². The fourth-order valence-electron chi connectivity index (χ4n) is 8.57. The number of hydrogen-bond donors (Lipinski definition) is 3. The molecule has 4 heterocycles. The van der Waals surface area contributed by atoms with Crippen LogP contribution in [0.2, 0.25) is 5.02 Å². The molecule has 4 aliphatic rings. The molecule has 2 aromatic carbocycles. The summed E-state index contributed by atoms with van der Waals surface area (Å²) in [7, 11) is 1.36. The molecule has 14 heteroatoms. The molecule has 0 radical (unpaired) electrons. The molecule has 2 aromatic rings. The molecule has 4 aliphatic heterocycles. The van der Waals surface area contributed by atoms with Crippen molar-refractivity contribution in [3.05, 3.63) is 58.1 Å². The first-order valence-corrected chi connectivity index (χ1v) is 18.5. The molecule has 3 atom stereocenters. The maximum absolute atomic E-state index is 14.2. The topological polar surface area (TPSA) is 106 Å². The van der Waals surface area contributed by atoms with Crippen molar-refractivity contribution in [2.24, 2.45) is 5.92 Å². The fraction of sp³-hybridized carbons (Fsp3) is 0.595. The van der Waals surface area contributed by atoms with Gasteiger partial charge in [-0.15, -0.1) is 0 Å². The molecule has 1 spiro atoms. The van der Waals surface area contributed by atoms with Gasteiger partial charge in [-0.05, 0) is 67.5 Å². The number of piperidine rings is 2. The van der Waals surface area contributed by atoms with Crippen LogP contribution < -0.4 is 16.0 Å². The van der Waals surface area contributed by atoms with E-state index in [1.807, 2.05) is 24.3 Å². The molecule has 51 heavy (non-hydrogen) atoms. The number of alkyl halides is 3. The number of ether oxygens (including phenoxy) is 1. The molecule has 2 unspecified atom stereocenters. The molecule has 278 valence electrons. The third-order valence-corrected chi connectivity index (χ3v) is 11.5. The number of anilines is 2. The van der Waals surface area contributed by atoms with Gasteiger partial charge in [0.25, 0.3) is 5.91 Å². The number of nitrogens with one attached hydrogen (secondary N) is 3. The highest BCUT2D eigenvalue weighted by molar-refractivity contribution is 6.33. The zero-order valence-corrected chi connectivity index (χ0v) is 30.0. The Kier molecular flexibility index (Phi) is 11.4. The van der Waals surface area contributed by atoms with Crippen LogP contribution in [0.15, 0.2) is 36.4 Å². The van der Waals surface area contributed by atoms with Gasteiger partial charge in [-0.2, -0.15) is 13.2 Å². The summed E-state index contributed by atoms with van der Waals surface area (Å²) in [5, 5.41) is 8.82. The largest absolute Gasteiger partial charge is 0.436 e. The van der Waals surface area contributed by atoms with Crippen molar-refractivity contribution < 1.29 is 32.3 Å². The predicted octanol–water partition coefficient (Wildman–Crippen LogP) is 5.75. The van der Waals surface area contributed by atoms with Crippen LogP contribution in [0, 0.1) is 5.92 Å². The Balaban J connectivity index is 1.19. The lowest BCUT2D eigenvalue weighted by molar-refractivity contribution is -0.143. The van der Waals surface area contributed by atoms with Gasteiger partial charge in [-0.1, -0.05) is 43.1 Å². The van der Waals surface area contributed by atoms with Gasteiger partial charge in [0.2, 0.25) is 5.91 Å². The summed E-state index contributed by atoms with van der Waals surface area (Å²) < 4.78 is 48.1. The van der Waals surface area contributed by atoms with Gasteiger partial charge in [0, 0.05) is 82.8 Å². The van der Waals surface area contributed by atoms with Crippen molar-refractivity contribution in [1.82, 2.24) is 20.0 Å². The lowest BCUT2D eigenvalue weighted by atomic mass is 9.68. The highest BCUT2D eigenvalue weighted by Crippen LogP contribution is 2.45. The van der Waals surface area contributed by atoms with E-state index in [9.17, 15) is 27.6 Å². The third kappa shape index (κ3) is 8.10. The van der Waals surface area contributed by atoms with Gasteiger partial charge in [0.1, 0.15) is 0 Å². The summed E-state index contributed by atoms with van der Waals surface area (Å²) in [6, 6.07) is 10.4. The van der Waals surface area contributed by atoms with Crippen LogP contribution in [-0.2, 0) is 32.3 Å². The summed E-state index contributed by atoms with van der Waals surface area (Å²) in [6.45, 7) is 6.85. The van der Waals surface area contributed by atoms with Crippen LogP contribution in [0.3, 0.4) is 0 Å². The monoisotopic (exact) mass is 732 g/mol. The van der Waals surface area contributed by atoms with Crippen molar-refractivity contribution in [2.45, 2.75) is 75.6 Å². The Morgan fingerprint density at radius 1 is 1.08 bits per heavy atom. The summed E-state index contributed by atoms with van der Waals surface area (Å²) >= 11 is 6.31. The number of hydrogen-bond acceptors (Lipinski definition) is 7. The summed E-state index contributed by atoms with van der Waals surface area (Å²) in [6.07, 6.45) is -2.30. The quantitative estimate of drug-likeness (QED) is 0.318. The van der Waals surface area contributed by atoms with E-state index in [4.69, 9.17) is 16.3 Å². The number of rotatable bonds is 8. The summed E-state index contributed by atoms with van der Waals surface area (Å²) in [5.41, 5.74) is 0.306. The Bertz CT molecular complexity index is 1590. The predicted molar refractivity (Wildman–Crippen MR) is 190 cm³/mol. The van der Waals surface area contributed by atoms with Gasteiger partial charge in [0.15, 0.2) is 6.10 Å². The van der Waals surface area contributed by atoms with Crippen LogP contribution >= 0.6 is 11.6 Å². The minimum absolute atomic E-state index is 0.0719. The highest BCUT2D eigenvalue weighted by Gasteiger charge is 2.44. The van der Waals surface area contributed by atoms with Crippen LogP contribution in [0.25, 0.3) is 0 Å². The van der Waals surface area contributed by atoms with Gasteiger partial charge in [-0.25, -0.2) is 4.79 Å². The molecule has 3 N–H and O–H groups in total. The number of fused-ring (bicyclic) bond motifs is 2. The van der Waals surface area contributed by atoms with E-state index in [1.54, 1.807) is 4.90 Å². The molecule has 0 saturated carbocycles. The molecule has 0 bridgehead atoms. The number of nitrogens with zero attached hydrogens (tertiary/aromatic N) is 3. The van der Waals surface area contributed by atoms with Crippen LogP contribution in [-0.4, -0.2) is 104 Å². The number of piperazine rings is 1. The van der Waals surface area contributed by atoms with E-state index >= 15 is 0 Å². The van der Waals surface area contributed by atoms with Crippen LogP contribution in [0.1, 0.15) is 62.1 Å². The van der Waals surface area contributed by atoms with E-state index in [2.05, 4.69) is 27.8 Å². The molecule has 3 amide bonds. The molecular formula is C37H48ClF3N6O4. The van der Waals surface area contributed by atoms with Crippen LogP contribution in [0.4, 0.5) is 29.3 Å². The minimum atomic E-state index is -4.70. The zero-order valence-electron chi connectivity index (χ0n) is 29.3. The molecule has 3 saturated heterocycles. The summed E-state index contributed by atoms with van der Waals surface area (Å²) in [5.74, 6) is 0.0708. The number of para-hydroxylation sites is 1. The number of likely N-dealkylation sites (tertiary alicyclic amines) is 1. The number of halogens is 4. The Labute approximate surface area is 302 Å². The SMILES string of the molecule is CCCC1CCNCC1N1CCN(C(=O)[C@@H](Cc2cc(Cl)c(NC)c(C(F)(F)F)c2)OC(=O)N2CCC3(CC2)CC(=O)Nc2ccccc23)CC1. The molecule has 3 fully saturated rings. The molecule has 0 aromatic heterocycles. The van der Waals surface area contributed by atoms with E-state index < -0.39 is 35.3 Å². The first kappa shape index (κ1) is 37.2. The molecule has 6 rings (SSSR count). The van der Waals surface area contributed by atoms with Crippen molar-refractivity contribution in [3.8, 4) is 0 Å². The minimum Gasteiger partial charge on any atom is -0.436 e. The van der Waals surface area contributed by atoms with E-state index in [-0.39, 0.29) is 28.6 Å². The van der Waals surface area contributed by atoms with Crippen molar-refractivity contribution in [3.63, 3.8) is 0 Å². The normalized spacial score (nSPS) is 23.0. The first-order valence-electron chi connectivity index (χ1n) is 18.1. The van der Waals surface area contributed by atoms with Crippen molar-refractivity contribution in [2.75, 3.05) is 70.0 Å². The molecule has 0 aliphatic carbocycles. The number of carbonyl (C=O) groups is 3. The van der Waals surface area contributed by atoms with E-state index in [1.165, 1.54) is 18.0 Å². The lowest BCUT2D eigenvalue weighted by Crippen LogP contribution is -2.59. The maximum atomic E-state index is 14.2. The molecular weight excluding hydrogens is 685 g/mol. The second kappa shape index (κ2) is 15.6. The summed E-state index contributed by atoms with van der Waals surface area (Å²) in [4.78, 5) is 46.1. The highest BCUT2D eigenvalue weighted by atomic mass is 35.5. The van der Waals surface area contributed by atoms with Gasteiger partial charge >= 0.3 is 12.3 Å². The Morgan fingerprint density at radius 2 is 1.80 bits per heavy atom. The number of carbonyl (C=O) groups excluding carboxylic acids is 3.